The summed E-state index contributed by atoms with van der Waals surface area (Å²) in [6.07, 6.45) is 3.60. The maximum absolute atomic E-state index is 4.49. The van der Waals surface area contributed by atoms with Crippen molar-refractivity contribution in [2.24, 2.45) is 0 Å². The number of thiazole rings is 1. The SMILES string of the molecule is CCN(C)Cc1cccc(CNc2ncnc3nc(SC)sc23)c1. The fourth-order valence-corrected chi connectivity index (χ4v) is 3.87. The minimum absolute atomic E-state index is 0.738. The zero-order valence-corrected chi connectivity index (χ0v) is 15.7. The van der Waals surface area contributed by atoms with Gasteiger partial charge in [0.1, 0.15) is 16.8 Å². The van der Waals surface area contributed by atoms with Crippen LogP contribution in [-0.2, 0) is 13.1 Å². The van der Waals surface area contributed by atoms with Gasteiger partial charge in [-0.25, -0.2) is 15.0 Å². The number of hydrogen-bond acceptors (Lipinski definition) is 7. The Bertz CT molecular complexity index is 818. The van der Waals surface area contributed by atoms with E-state index >= 15 is 0 Å². The van der Waals surface area contributed by atoms with Crippen molar-refractivity contribution in [1.82, 2.24) is 19.9 Å². The molecular weight excluding hydrogens is 338 g/mol. The van der Waals surface area contributed by atoms with Crippen molar-refractivity contribution in [3.8, 4) is 0 Å². The lowest BCUT2D eigenvalue weighted by molar-refractivity contribution is 0.345. The van der Waals surface area contributed by atoms with E-state index in [2.05, 4.69) is 63.4 Å². The summed E-state index contributed by atoms with van der Waals surface area (Å²) >= 11 is 3.27. The van der Waals surface area contributed by atoms with Gasteiger partial charge in [0.05, 0.1) is 0 Å². The first kappa shape index (κ1) is 17.1. The Labute approximate surface area is 150 Å². The molecule has 1 aromatic carbocycles. The maximum atomic E-state index is 4.49. The molecular formula is C17H21N5S2. The predicted octanol–water partition coefficient (Wildman–Crippen LogP) is 3.87. The van der Waals surface area contributed by atoms with E-state index in [4.69, 9.17) is 0 Å². The number of rotatable bonds is 7. The molecule has 126 valence electrons. The van der Waals surface area contributed by atoms with Crippen LogP contribution in [0.3, 0.4) is 0 Å². The molecule has 2 heterocycles. The fraction of sp³-hybridized carbons (Fsp3) is 0.353. The molecule has 5 nitrogen and oxygen atoms in total. The summed E-state index contributed by atoms with van der Waals surface area (Å²) in [5.74, 6) is 0.855. The molecule has 0 aliphatic carbocycles. The molecule has 3 rings (SSSR count). The molecule has 2 aromatic heterocycles. The quantitative estimate of drug-likeness (QED) is 0.646. The van der Waals surface area contributed by atoms with Crippen LogP contribution in [0.25, 0.3) is 10.3 Å². The highest BCUT2D eigenvalue weighted by Gasteiger charge is 2.10. The van der Waals surface area contributed by atoms with E-state index in [-0.39, 0.29) is 0 Å². The molecule has 0 aliphatic rings. The van der Waals surface area contributed by atoms with E-state index < -0.39 is 0 Å². The van der Waals surface area contributed by atoms with Gasteiger partial charge in [0, 0.05) is 13.1 Å². The summed E-state index contributed by atoms with van der Waals surface area (Å²) in [6, 6.07) is 8.68. The summed E-state index contributed by atoms with van der Waals surface area (Å²) < 4.78 is 2.03. The molecule has 24 heavy (non-hydrogen) atoms. The number of thioether (sulfide) groups is 1. The van der Waals surface area contributed by atoms with Gasteiger partial charge in [0.2, 0.25) is 0 Å². The Hall–Kier alpha value is -1.70. The Morgan fingerprint density at radius 1 is 1.25 bits per heavy atom. The third-order valence-corrected chi connectivity index (χ3v) is 5.83. The number of aromatic nitrogens is 3. The molecule has 1 N–H and O–H groups in total. The zero-order valence-electron chi connectivity index (χ0n) is 14.1. The highest BCUT2D eigenvalue weighted by atomic mass is 32.2. The Kier molecular flexibility index (Phi) is 5.65. The van der Waals surface area contributed by atoms with E-state index in [1.807, 2.05) is 6.26 Å². The van der Waals surface area contributed by atoms with Crippen molar-refractivity contribution >= 4 is 39.3 Å². The average Bonchev–Trinajstić information content (AvgIpc) is 3.04. The van der Waals surface area contributed by atoms with Crippen LogP contribution < -0.4 is 5.32 Å². The second-order valence-electron chi connectivity index (χ2n) is 5.56. The van der Waals surface area contributed by atoms with E-state index in [0.29, 0.717) is 0 Å². The van der Waals surface area contributed by atoms with Crippen LogP contribution in [0.2, 0.25) is 0 Å². The van der Waals surface area contributed by atoms with Crippen molar-refractivity contribution in [2.75, 3.05) is 25.2 Å². The van der Waals surface area contributed by atoms with Crippen molar-refractivity contribution in [3.63, 3.8) is 0 Å². The molecule has 0 saturated carbocycles. The monoisotopic (exact) mass is 359 g/mol. The van der Waals surface area contributed by atoms with Gasteiger partial charge >= 0.3 is 0 Å². The molecule has 0 saturated heterocycles. The van der Waals surface area contributed by atoms with Crippen LogP contribution in [0.5, 0.6) is 0 Å². The Morgan fingerprint density at radius 3 is 2.88 bits per heavy atom. The van der Waals surface area contributed by atoms with Gasteiger partial charge in [-0.1, -0.05) is 43.0 Å². The van der Waals surface area contributed by atoms with Crippen LogP contribution in [0.15, 0.2) is 34.9 Å². The number of anilines is 1. The number of fused-ring (bicyclic) bond motifs is 1. The largest absolute Gasteiger partial charge is 0.365 e. The van der Waals surface area contributed by atoms with Gasteiger partial charge in [0.25, 0.3) is 0 Å². The van der Waals surface area contributed by atoms with Crippen molar-refractivity contribution in [2.45, 2.75) is 24.4 Å². The standard InChI is InChI=1S/C17H21N5S2/c1-4-22(2)10-13-7-5-6-12(8-13)9-18-15-14-16(20-11-19-15)21-17(23-3)24-14/h5-8,11H,4,9-10H2,1-3H3,(H,18,19,20). The molecule has 0 atom stereocenters. The molecule has 0 bridgehead atoms. The lowest BCUT2D eigenvalue weighted by Gasteiger charge is -2.14. The molecule has 3 aromatic rings. The smallest absolute Gasteiger partial charge is 0.176 e. The molecule has 0 aliphatic heterocycles. The van der Waals surface area contributed by atoms with Crippen LogP contribution in [0.1, 0.15) is 18.1 Å². The van der Waals surface area contributed by atoms with Gasteiger partial charge < -0.3 is 10.2 Å². The highest BCUT2D eigenvalue weighted by Crippen LogP contribution is 2.31. The van der Waals surface area contributed by atoms with Gasteiger partial charge in [-0.15, -0.1) is 11.3 Å². The summed E-state index contributed by atoms with van der Waals surface area (Å²) in [4.78, 5) is 15.4. The lowest BCUT2D eigenvalue weighted by atomic mass is 10.1. The third-order valence-electron chi connectivity index (χ3n) is 3.79. The molecule has 0 radical (unpaired) electrons. The minimum atomic E-state index is 0.738. The predicted molar refractivity (Wildman–Crippen MR) is 103 cm³/mol. The van der Waals surface area contributed by atoms with E-state index in [9.17, 15) is 0 Å². The number of nitrogens with zero attached hydrogens (tertiary/aromatic N) is 4. The fourth-order valence-electron chi connectivity index (χ4n) is 2.40. The molecule has 0 fully saturated rings. The first-order valence-electron chi connectivity index (χ1n) is 7.85. The van der Waals surface area contributed by atoms with Crippen LogP contribution in [-0.4, -0.2) is 39.7 Å². The van der Waals surface area contributed by atoms with Crippen LogP contribution in [0, 0.1) is 0 Å². The second-order valence-corrected chi connectivity index (χ2v) is 7.62. The molecule has 0 unspecified atom stereocenters. The third kappa shape index (κ3) is 4.03. The van der Waals surface area contributed by atoms with E-state index in [1.54, 1.807) is 29.4 Å². The first-order chi connectivity index (χ1) is 11.7. The Balaban J connectivity index is 1.74. The van der Waals surface area contributed by atoms with E-state index in [0.717, 1.165) is 40.1 Å². The summed E-state index contributed by atoms with van der Waals surface area (Å²) in [7, 11) is 2.13. The number of hydrogen-bond donors (Lipinski definition) is 1. The van der Waals surface area contributed by atoms with Gasteiger partial charge in [-0.3, -0.25) is 0 Å². The second kappa shape index (κ2) is 7.92. The summed E-state index contributed by atoms with van der Waals surface area (Å²) in [6.45, 7) is 4.92. The molecule has 0 amide bonds. The number of nitrogens with one attached hydrogen (secondary N) is 1. The highest BCUT2D eigenvalue weighted by molar-refractivity contribution is 8.00. The first-order valence-corrected chi connectivity index (χ1v) is 9.89. The molecule has 7 heteroatoms. The zero-order chi connectivity index (χ0) is 16.9. The minimum Gasteiger partial charge on any atom is -0.365 e. The van der Waals surface area contributed by atoms with Gasteiger partial charge in [-0.2, -0.15) is 0 Å². The van der Waals surface area contributed by atoms with Gasteiger partial charge in [-0.05, 0) is 31.0 Å². The van der Waals surface area contributed by atoms with Crippen LogP contribution in [0.4, 0.5) is 5.82 Å². The number of benzene rings is 1. The maximum Gasteiger partial charge on any atom is 0.176 e. The summed E-state index contributed by atoms with van der Waals surface area (Å²) in [5, 5.41) is 3.43. The molecule has 0 spiro atoms. The normalized spacial score (nSPS) is 11.3. The van der Waals surface area contributed by atoms with Crippen molar-refractivity contribution in [3.05, 3.63) is 41.7 Å². The Morgan fingerprint density at radius 2 is 2.08 bits per heavy atom. The van der Waals surface area contributed by atoms with Crippen LogP contribution >= 0.6 is 23.1 Å². The van der Waals surface area contributed by atoms with Crippen molar-refractivity contribution in [1.29, 1.82) is 0 Å². The topological polar surface area (TPSA) is 53.9 Å². The van der Waals surface area contributed by atoms with Gasteiger partial charge in [0.15, 0.2) is 9.99 Å². The lowest BCUT2D eigenvalue weighted by Crippen LogP contribution is -2.16. The van der Waals surface area contributed by atoms with Crippen molar-refractivity contribution < 1.29 is 0 Å². The summed E-state index contributed by atoms with van der Waals surface area (Å²) in [5.41, 5.74) is 3.34. The van der Waals surface area contributed by atoms with E-state index in [1.165, 1.54) is 11.1 Å². The average molecular weight is 360 g/mol.